The van der Waals surface area contributed by atoms with Crippen LogP contribution in [0.5, 0.6) is 5.75 Å². The average molecular weight is 356 g/mol. The molecule has 5 heteroatoms. The first-order valence-corrected chi connectivity index (χ1v) is 10.1. The van der Waals surface area contributed by atoms with Crippen molar-refractivity contribution >= 4 is 17.2 Å². The first-order chi connectivity index (χ1) is 12.1. The molecule has 2 unspecified atom stereocenters. The minimum absolute atomic E-state index is 0.0805. The van der Waals surface area contributed by atoms with Crippen LogP contribution < -0.4 is 0 Å². The second-order valence-corrected chi connectivity index (χ2v) is 8.10. The minimum Gasteiger partial charge on any atom is -0.508 e. The quantitative estimate of drug-likeness (QED) is 0.854. The molecule has 1 aromatic carbocycles. The van der Waals surface area contributed by atoms with E-state index in [1.54, 1.807) is 6.07 Å². The van der Waals surface area contributed by atoms with Gasteiger partial charge in [-0.15, -0.1) is 11.3 Å². The number of carbonyl (C=O) groups is 1. The number of aromatic hydroxyl groups is 1. The first-order valence-electron chi connectivity index (χ1n) is 9.20. The number of aromatic nitrogens is 1. The molecule has 1 aliphatic carbocycles. The molecule has 2 atom stereocenters. The van der Waals surface area contributed by atoms with Crippen molar-refractivity contribution in [3.63, 3.8) is 0 Å². The lowest BCUT2D eigenvalue weighted by Gasteiger charge is -2.43. The highest BCUT2D eigenvalue weighted by Crippen LogP contribution is 2.37. The summed E-state index contributed by atoms with van der Waals surface area (Å²) < 4.78 is 0. The van der Waals surface area contributed by atoms with Crippen molar-refractivity contribution in [2.75, 3.05) is 6.54 Å². The van der Waals surface area contributed by atoms with E-state index < -0.39 is 0 Å². The zero-order chi connectivity index (χ0) is 17.4. The van der Waals surface area contributed by atoms with E-state index >= 15 is 0 Å². The Morgan fingerprint density at radius 3 is 2.92 bits per heavy atom. The van der Waals surface area contributed by atoms with E-state index in [-0.39, 0.29) is 11.7 Å². The lowest BCUT2D eigenvalue weighted by Crippen LogP contribution is -2.49. The predicted molar refractivity (Wildman–Crippen MR) is 100.0 cm³/mol. The summed E-state index contributed by atoms with van der Waals surface area (Å²) in [6, 6.07) is 5.84. The van der Waals surface area contributed by atoms with Crippen LogP contribution in [0.2, 0.25) is 0 Å². The Kier molecular flexibility index (Phi) is 4.50. The van der Waals surface area contributed by atoms with Gasteiger partial charge in [-0.1, -0.05) is 25.0 Å². The number of hydrogen-bond donors (Lipinski definition) is 1. The number of nitrogens with zero attached hydrogens (tertiary/aromatic N) is 2. The summed E-state index contributed by atoms with van der Waals surface area (Å²) in [4.78, 5) is 19.8. The predicted octanol–water partition coefficient (Wildman–Crippen LogP) is 4.62. The zero-order valence-electron chi connectivity index (χ0n) is 14.6. The fraction of sp³-hybridized carbons (Fsp3) is 0.500. The van der Waals surface area contributed by atoms with Gasteiger partial charge < -0.3 is 10.0 Å². The fourth-order valence-corrected chi connectivity index (χ4v) is 5.25. The summed E-state index contributed by atoms with van der Waals surface area (Å²) in [5.41, 5.74) is 2.26. The molecule has 0 spiro atoms. The van der Waals surface area contributed by atoms with Gasteiger partial charge >= 0.3 is 0 Å². The molecule has 2 aromatic rings. The maximum absolute atomic E-state index is 13.1. The van der Waals surface area contributed by atoms with Gasteiger partial charge in [-0.05, 0) is 44.6 Å². The third-order valence-electron chi connectivity index (χ3n) is 5.76. The fourth-order valence-electron chi connectivity index (χ4n) is 4.37. The van der Waals surface area contributed by atoms with Crippen LogP contribution in [0, 0.1) is 12.8 Å². The highest BCUT2D eigenvalue weighted by atomic mass is 32.1. The smallest absolute Gasteiger partial charge is 0.273 e. The van der Waals surface area contributed by atoms with Crippen LogP contribution >= 0.6 is 11.3 Å². The molecule has 1 saturated heterocycles. The number of likely N-dealkylation sites (tertiary alicyclic amines) is 1. The van der Waals surface area contributed by atoms with Crippen LogP contribution in [-0.2, 0) is 0 Å². The number of piperidine rings is 1. The van der Waals surface area contributed by atoms with Crippen molar-refractivity contribution in [1.82, 2.24) is 9.88 Å². The molecule has 0 radical (unpaired) electrons. The topological polar surface area (TPSA) is 53.4 Å². The van der Waals surface area contributed by atoms with Crippen molar-refractivity contribution in [1.29, 1.82) is 0 Å². The number of rotatable bonds is 2. The molecular weight excluding hydrogens is 332 g/mol. The average Bonchev–Trinajstić information content (AvgIpc) is 3.13. The van der Waals surface area contributed by atoms with Crippen LogP contribution in [0.15, 0.2) is 23.6 Å². The van der Waals surface area contributed by atoms with Crippen LogP contribution in [0.3, 0.4) is 0 Å². The number of amides is 1. The Balaban J connectivity index is 1.59. The van der Waals surface area contributed by atoms with Gasteiger partial charge in [-0.3, -0.25) is 4.79 Å². The van der Waals surface area contributed by atoms with Gasteiger partial charge in [-0.25, -0.2) is 4.98 Å². The molecule has 2 aliphatic rings. The summed E-state index contributed by atoms with van der Waals surface area (Å²) in [7, 11) is 0. The number of phenolic OH excluding ortho intramolecular Hbond substituents is 1. The normalized spacial score (nSPS) is 23.3. The summed E-state index contributed by atoms with van der Waals surface area (Å²) in [6.45, 7) is 2.74. The van der Waals surface area contributed by atoms with Crippen LogP contribution in [0.4, 0.5) is 0 Å². The van der Waals surface area contributed by atoms with Crippen LogP contribution in [0.25, 0.3) is 10.6 Å². The van der Waals surface area contributed by atoms with Crippen molar-refractivity contribution in [3.05, 3.63) is 34.8 Å². The molecule has 0 bridgehead atoms. The van der Waals surface area contributed by atoms with Gasteiger partial charge in [0.15, 0.2) is 0 Å². The Labute approximate surface area is 152 Å². The van der Waals surface area contributed by atoms with E-state index in [0.29, 0.717) is 17.7 Å². The molecule has 1 aliphatic heterocycles. The van der Waals surface area contributed by atoms with E-state index in [1.807, 2.05) is 24.4 Å². The Hall–Kier alpha value is -1.88. The lowest BCUT2D eigenvalue weighted by atomic mass is 9.78. The van der Waals surface area contributed by atoms with Gasteiger partial charge in [0.1, 0.15) is 16.5 Å². The van der Waals surface area contributed by atoms with Crippen molar-refractivity contribution in [2.45, 2.75) is 51.5 Å². The molecule has 1 amide bonds. The molecule has 1 saturated carbocycles. The van der Waals surface area contributed by atoms with E-state index in [4.69, 9.17) is 0 Å². The van der Waals surface area contributed by atoms with Gasteiger partial charge in [0, 0.05) is 29.1 Å². The molecule has 4 rings (SSSR count). The van der Waals surface area contributed by atoms with Crippen molar-refractivity contribution in [3.8, 4) is 16.3 Å². The molecule has 4 nitrogen and oxygen atoms in total. The monoisotopic (exact) mass is 356 g/mol. The Morgan fingerprint density at radius 1 is 1.24 bits per heavy atom. The molecule has 1 aromatic heterocycles. The molecule has 132 valence electrons. The SMILES string of the molecule is Cc1c(O)cccc1-c1nc(C(=O)N2CCCC3CCCCC32)cs1. The minimum atomic E-state index is 0.0805. The maximum atomic E-state index is 13.1. The van der Waals surface area contributed by atoms with E-state index in [0.717, 1.165) is 35.5 Å². The van der Waals surface area contributed by atoms with Crippen LogP contribution in [-0.4, -0.2) is 33.5 Å². The van der Waals surface area contributed by atoms with Crippen LogP contribution in [0.1, 0.15) is 54.6 Å². The third-order valence-corrected chi connectivity index (χ3v) is 6.64. The van der Waals surface area contributed by atoms with E-state index in [9.17, 15) is 9.90 Å². The molecule has 2 fully saturated rings. The summed E-state index contributed by atoms with van der Waals surface area (Å²) in [5.74, 6) is 1.02. The maximum Gasteiger partial charge on any atom is 0.273 e. The second kappa shape index (κ2) is 6.79. The molecular formula is C20H24N2O2S. The molecule has 2 heterocycles. The number of carbonyl (C=O) groups excluding carboxylic acids is 1. The lowest BCUT2D eigenvalue weighted by molar-refractivity contribution is 0.0386. The highest BCUT2D eigenvalue weighted by Gasteiger charge is 2.36. The first kappa shape index (κ1) is 16.6. The largest absolute Gasteiger partial charge is 0.508 e. The number of phenols is 1. The number of benzene rings is 1. The van der Waals surface area contributed by atoms with Gasteiger partial charge in [0.25, 0.3) is 5.91 Å². The second-order valence-electron chi connectivity index (χ2n) is 7.24. The summed E-state index contributed by atoms with van der Waals surface area (Å²) >= 11 is 1.48. The van der Waals surface area contributed by atoms with Gasteiger partial charge in [-0.2, -0.15) is 0 Å². The van der Waals surface area contributed by atoms with Gasteiger partial charge in [0.2, 0.25) is 0 Å². The third kappa shape index (κ3) is 3.06. The molecule has 25 heavy (non-hydrogen) atoms. The van der Waals surface area contributed by atoms with Crippen molar-refractivity contribution < 1.29 is 9.90 Å². The standard InChI is InChI=1S/C20H24N2O2S/c1-13-15(8-4-10-18(13)23)19-21-16(12-25-19)20(24)22-11-5-7-14-6-2-3-9-17(14)22/h4,8,10,12,14,17,23H,2-3,5-7,9,11H2,1H3. The summed E-state index contributed by atoms with van der Waals surface area (Å²) in [5, 5.41) is 12.6. The molecule has 1 N–H and O–H groups in total. The van der Waals surface area contributed by atoms with Crippen molar-refractivity contribution in [2.24, 2.45) is 5.92 Å². The van der Waals surface area contributed by atoms with Gasteiger partial charge in [0.05, 0.1) is 0 Å². The Bertz CT molecular complexity index is 784. The van der Waals surface area contributed by atoms with E-state index in [1.165, 1.54) is 37.0 Å². The number of thiazole rings is 1. The Morgan fingerprint density at radius 2 is 2.04 bits per heavy atom. The zero-order valence-corrected chi connectivity index (χ0v) is 15.4. The number of fused-ring (bicyclic) bond motifs is 1. The van der Waals surface area contributed by atoms with E-state index in [2.05, 4.69) is 9.88 Å². The highest BCUT2D eigenvalue weighted by molar-refractivity contribution is 7.13. The summed E-state index contributed by atoms with van der Waals surface area (Å²) in [6.07, 6.45) is 7.31. The number of hydrogen-bond acceptors (Lipinski definition) is 4.